The van der Waals surface area contributed by atoms with Crippen molar-refractivity contribution in [2.24, 2.45) is 7.05 Å². The maximum Gasteiger partial charge on any atom is 0.254 e. The number of carbonyl (C=O) groups is 1. The summed E-state index contributed by atoms with van der Waals surface area (Å²) in [5.74, 6) is -0.0991. The summed E-state index contributed by atoms with van der Waals surface area (Å²) in [4.78, 5) is 26.8. The minimum absolute atomic E-state index is 0.0991. The van der Waals surface area contributed by atoms with Gasteiger partial charge in [0.1, 0.15) is 5.65 Å². The zero-order chi connectivity index (χ0) is 25.5. The molecule has 9 nitrogen and oxygen atoms in total. The number of nitrogens with zero attached hydrogens (tertiary/aromatic N) is 5. The molecule has 4 aromatic rings. The molecule has 6 rings (SSSR count). The van der Waals surface area contributed by atoms with Crippen LogP contribution in [0, 0.1) is 0 Å². The second-order valence-electron chi connectivity index (χ2n) is 9.88. The van der Waals surface area contributed by atoms with E-state index in [1.54, 1.807) is 6.20 Å². The third-order valence-electron chi connectivity index (χ3n) is 7.06. The van der Waals surface area contributed by atoms with Crippen LogP contribution in [-0.2, 0) is 24.9 Å². The Morgan fingerprint density at radius 1 is 1.14 bits per heavy atom. The molecule has 0 atom stereocenters. The number of pyridine rings is 2. The first-order valence-electron chi connectivity index (χ1n) is 12.6. The zero-order valence-electron chi connectivity index (χ0n) is 21.4. The number of hydrogen-bond donors (Lipinski definition) is 2. The van der Waals surface area contributed by atoms with Crippen LogP contribution in [-0.4, -0.2) is 65.7 Å². The molecule has 2 aliphatic rings. The van der Waals surface area contributed by atoms with Gasteiger partial charge in [-0.3, -0.25) is 9.78 Å². The first kappa shape index (κ1) is 23.4. The number of anilines is 3. The number of carbonyl (C=O) groups excluding carboxylic acids is 1. The third-order valence-corrected chi connectivity index (χ3v) is 7.06. The molecule has 3 aromatic heterocycles. The fourth-order valence-electron chi connectivity index (χ4n) is 5.32. The third kappa shape index (κ3) is 4.30. The van der Waals surface area contributed by atoms with Crippen molar-refractivity contribution in [3.8, 4) is 11.3 Å². The molecule has 190 valence electrons. The van der Waals surface area contributed by atoms with Gasteiger partial charge in [0.2, 0.25) is 0 Å². The Balaban J connectivity index is 1.38. The molecule has 37 heavy (non-hydrogen) atoms. The Labute approximate surface area is 216 Å². The molecule has 2 N–H and O–H groups in total. The summed E-state index contributed by atoms with van der Waals surface area (Å²) in [5.41, 5.74) is 8.31. The van der Waals surface area contributed by atoms with Crippen molar-refractivity contribution in [3.05, 3.63) is 65.6 Å². The topological polar surface area (TPSA) is 87.5 Å². The molecule has 0 saturated carbocycles. The van der Waals surface area contributed by atoms with Gasteiger partial charge in [-0.05, 0) is 50.0 Å². The number of hydrogen-bond acceptors (Lipinski definition) is 7. The minimum Gasteiger partial charge on any atom is -0.378 e. The predicted molar refractivity (Wildman–Crippen MR) is 145 cm³/mol. The second-order valence-corrected chi connectivity index (χ2v) is 9.88. The van der Waals surface area contributed by atoms with E-state index in [1.165, 1.54) is 11.3 Å². The molecule has 1 amide bonds. The highest BCUT2D eigenvalue weighted by molar-refractivity contribution is 6.08. The molecule has 9 heteroatoms. The van der Waals surface area contributed by atoms with Crippen LogP contribution in [0.5, 0.6) is 0 Å². The van der Waals surface area contributed by atoms with Gasteiger partial charge < -0.3 is 29.7 Å². The lowest BCUT2D eigenvalue weighted by Crippen LogP contribution is -2.37. The van der Waals surface area contributed by atoms with E-state index in [4.69, 9.17) is 9.72 Å². The second kappa shape index (κ2) is 9.49. The lowest BCUT2D eigenvalue weighted by atomic mass is 10.00. The van der Waals surface area contributed by atoms with Crippen LogP contribution in [0.25, 0.3) is 22.3 Å². The van der Waals surface area contributed by atoms with Crippen LogP contribution < -0.4 is 15.5 Å². The van der Waals surface area contributed by atoms with Crippen molar-refractivity contribution >= 4 is 34.0 Å². The molecule has 0 spiro atoms. The molecular formula is C28H31N7O2. The van der Waals surface area contributed by atoms with E-state index in [-0.39, 0.29) is 5.91 Å². The number of ether oxygens (including phenoxy) is 1. The minimum atomic E-state index is -0.0991. The Kier molecular flexibility index (Phi) is 6.02. The smallest absolute Gasteiger partial charge is 0.254 e. The molecule has 1 aromatic carbocycles. The van der Waals surface area contributed by atoms with E-state index < -0.39 is 0 Å². The van der Waals surface area contributed by atoms with Crippen LogP contribution in [0.4, 0.5) is 17.1 Å². The average molecular weight is 498 g/mol. The number of benzene rings is 1. The van der Waals surface area contributed by atoms with Crippen molar-refractivity contribution < 1.29 is 9.53 Å². The Morgan fingerprint density at radius 2 is 1.97 bits per heavy atom. The van der Waals surface area contributed by atoms with E-state index in [2.05, 4.69) is 57.7 Å². The SMILES string of the molecule is CN(C)Cc1cc(Nc2cnc(-c3ccnc4c3ccn4C)c3c2CNC3=O)ccc1N1CCOCC1. The number of nitrogens with one attached hydrogen (secondary N) is 2. The maximum atomic E-state index is 13.0. The van der Waals surface area contributed by atoms with Crippen molar-refractivity contribution in [2.75, 3.05) is 50.6 Å². The van der Waals surface area contributed by atoms with Gasteiger partial charge in [-0.2, -0.15) is 0 Å². The fourth-order valence-corrected chi connectivity index (χ4v) is 5.32. The van der Waals surface area contributed by atoms with Crippen molar-refractivity contribution in [1.29, 1.82) is 0 Å². The number of aromatic nitrogens is 3. The number of aryl methyl sites for hydroxylation is 1. The lowest BCUT2D eigenvalue weighted by molar-refractivity contribution is 0.0966. The molecule has 5 heterocycles. The molecule has 0 unspecified atom stereocenters. The molecule has 0 bridgehead atoms. The summed E-state index contributed by atoms with van der Waals surface area (Å²) in [6, 6.07) is 10.4. The molecule has 0 aliphatic carbocycles. The highest BCUT2D eigenvalue weighted by Gasteiger charge is 2.28. The predicted octanol–water partition coefficient (Wildman–Crippen LogP) is 3.52. The molecule has 2 aliphatic heterocycles. The number of amides is 1. The molecular weight excluding hydrogens is 466 g/mol. The largest absolute Gasteiger partial charge is 0.378 e. The van der Waals surface area contributed by atoms with E-state index >= 15 is 0 Å². The van der Waals surface area contributed by atoms with E-state index in [1.807, 2.05) is 36.1 Å². The van der Waals surface area contributed by atoms with Gasteiger partial charge in [-0.1, -0.05) is 0 Å². The van der Waals surface area contributed by atoms with E-state index in [0.717, 1.165) is 66.4 Å². The summed E-state index contributed by atoms with van der Waals surface area (Å²) in [7, 11) is 6.13. The van der Waals surface area contributed by atoms with E-state index in [9.17, 15) is 4.79 Å². The number of fused-ring (bicyclic) bond motifs is 2. The van der Waals surface area contributed by atoms with Gasteiger partial charge in [-0.25, -0.2) is 4.98 Å². The monoisotopic (exact) mass is 497 g/mol. The summed E-state index contributed by atoms with van der Waals surface area (Å²) >= 11 is 0. The molecule has 0 radical (unpaired) electrons. The molecule has 1 saturated heterocycles. The fraction of sp³-hybridized carbons (Fsp3) is 0.321. The number of morpholine rings is 1. The first-order chi connectivity index (χ1) is 18.0. The highest BCUT2D eigenvalue weighted by Crippen LogP contribution is 2.36. The van der Waals surface area contributed by atoms with Crippen LogP contribution >= 0.6 is 0 Å². The maximum absolute atomic E-state index is 13.0. The van der Waals surface area contributed by atoms with Gasteiger partial charge in [0.05, 0.1) is 36.4 Å². The van der Waals surface area contributed by atoms with Crippen LogP contribution in [0.2, 0.25) is 0 Å². The quantitative estimate of drug-likeness (QED) is 0.421. The van der Waals surface area contributed by atoms with Gasteiger partial charge in [-0.15, -0.1) is 0 Å². The summed E-state index contributed by atoms with van der Waals surface area (Å²) in [6.45, 7) is 4.57. The average Bonchev–Trinajstić information content (AvgIpc) is 3.48. The first-order valence-corrected chi connectivity index (χ1v) is 12.6. The van der Waals surface area contributed by atoms with Crippen LogP contribution in [0.15, 0.2) is 48.9 Å². The Hall–Kier alpha value is -3.95. The standard InChI is InChI=1S/C28H31N7O2/c1-33(2)17-18-14-19(4-5-24(18)35-10-12-37-13-11-35)32-23-16-30-26(25-22(23)15-31-28(25)36)20-6-8-29-27-21(20)7-9-34(27)3/h4-9,14,16,32H,10-13,15,17H2,1-3H3,(H,31,36). The summed E-state index contributed by atoms with van der Waals surface area (Å²) in [6.07, 6.45) is 5.58. The van der Waals surface area contributed by atoms with Crippen LogP contribution in [0.1, 0.15) is 21.5 Å². The molecule has 1 fully saturated rings. The van der Waals surface area contributed by atoms with Crippen molar-refractivity contribution in [2.45, 2.75) is 13.1 Å². The van der Waals surface area contributed by atoms with Gasteiger partial charge in [0.25, 0.3) is 5.91 Å². The lowest BCUT2D eigenvalue weighted by Gasteiger charge is -2.31. The summed E-state index contributed by atoms with van der Waals surface area (Å²) < 4.78 is 7.53. The summed E-state index contributed by atoms with van der Waals surface area (Å²) in [5, 5.41) is 7.53. The van der Waals surface area contributed by atoms with Crippen molar-refractivity contribution in [3.63, 3.8) is 0 Å². The van der Waals surface area contributed by atoms with Gasteiger partial charge >= 0.3 is 0 Å². The zero-order valence-corrected chi connectivity index (χ0v) is 21.4. The van der Waals surface area contributed by atoms with Crippen molar-refractivity contribution in [1.82, 2.24) is 24.8 Å². The Bertz CT molecular complexity index is 1490. The van der Waals surface area contributed by atoms with Crippen LogP contribution in [0.3, 0.4) is 0 Å². The van der Waals surface area contributed by atoms with E-state index in [0.29, 0.717) is 17.8 Å². The van der Waals surface area contributed by atoms with Gasteiger partial charge in [0, 0.05) is 73.5 Å². The Morgan fingerprint density at radius 3 is 2.78 bits per heavy atom. The normalized spacial score (nSPS) is 15.4. The highest BCUT2D eigenvalue weighted by atomic mass is 16.5. The van der Waals surface area contributed by atoms with Gasteiger partial charge in [0.15, 0.2) is 0 Å². The number of rotatable bonds is 6.